The molecule has 6 nitrogen and oxygen atoms in total. The number of nitrogens with one attached hydrogen (secondary N) is 1. The van der Waals surface area contributed by atoms with Gasteiger partial charge in [-0.1, -0.05) is 0 Å². The lowest BCUT2D eigenvalue weighted by molar-refractivity contribution is 0.308. The van der Waals surface area contributed by atoms with Crippen LogP contribution >= 0.6 is 0 Å². The number of nitrogens with two attached hydrogens (primary N) is 1. The predicted molar refractivity (Wildman–Crippen MR) is 49.5 cm³/mol. The molecule has 0 spiro atoms. The second-order valence-electron chi connectivity index (χ2n) is 3.83. The van der Waals surface area contributed by atoms with Crippen molar-refractivity contribution in [3.63, 3.8) is 0 Å². The molecule has 1 fully saturated rings. The lowest BCUT2D eigenvalue weighted by Gasteiger charge is -2.05. The quantitative estimate of drug-likeness (QED) is 0.696. The van der Waals surface area contributed by atoms with E-state index in [0.717, 1.165) is 18.1 Å². The summed E-state index contributed by atoms with van der Waals surface area (Å²) < 4.78 is 4.54. The van der Waals surface area contributed by atoms with Gasteiger partial charge in [0.05, 0.1) is 11.8 Å². The normalized spacial score (nSPS) is 26.0. The first-order valence-electron chi connectivity index (χ1n) is 4.75. The lowest BCUT2D eigenvalue weighted by Crippen LogP contribution is -2.21. The molecule has 74 valence electrons. The molecule has 1 atom stereocenters. The van der Waals surface area contributed by atoms with Crippen LogP contribution in [0.1, 0.15) is 25.0 Å². The zero-order valence-electron chi connectivity index (χ0n) is 7.60. The Labute approximate surface area is 80.5 Å². The van der Waals surface area contributed by atoms with Crippen LogP contribution in [0.5, 0.6) is 0 Å². The second-order valence-corrected chi connectivity index (χ2v) is 3.83. The number of anilines is 1. The minimum atomic E-state index is 0.321. The first-order valence-corrected chi connectivity index (χ1v) is 4.75. The maximum atomic E-state index is 5.58. The minimum Gasteiger partial charge on any atom is -0.379 e. The molecule has 1 unspecified atom stereocenters. The molecule has 2 heterocycles. The Bertz CT molecular complexity index is 381. The smallest absolute Gasteiger partial charge is 0.197 e. The van der Waals surface area contributed by atoms with Crippen molar-refractivity contribution in [2.24, 2.45) is 11.0 Å². The van der Waals surface area contributed by atoms with Crippen molar-refractivity contribution >= 4 is 11.5 Å². The molecule has 14 heavy (non-hydrogen) atoms. The van der Waals surface area contributed by atoms with Crippen LogP contribution in [0.15, 0.2) is 9.73 Å². The van der Waals surface area contributed by atoms with Crippen LogP contribution in [0.3, 0.4) is 0 Å². The van der Waals surface area contributed by atoms with Gasteiger partial charge in [0.15, 0.2) is 11.5 Å². The molecule has 0 aromatic carbocycles. The van der Waals surface area contributed by atoms with Crippen LogP contribution in [0, 0.1) is 5.92 Å². The summed E-state index contributed by atoms with van der Waals surface area (Å²) in [4.78, 5) is 0. The number of nitrogens with zero attached hydrogens (tertiary/aromatic N) is 3. The zero-order valence-corrected chi connectivity index (χ0v) is 7.60. The van der Waals surface area contributed by atoms with Crippen molar-refractivity contribution < 1.29 is 4.63 Å². The molecule has 6 heteroatoms. The van der Waals surface area contributed by atoms with E-state index < -0.39 is 0 Å². The van der Waals surface area contributed by atoms with E-state index >= 15 is 0 Å². The first kappa shape index (κ1) is 7.78. The summed E-state index contributed by atoms with van der Waals surface area (Å²) in [5.41, 5.74) is 10.1. The third-order valence-electron chi connectivity index (χ3n) is 2.76. The van der Waals surface area contributed by atoms with E-state index in [9.17, 15) is 0 Å². The highest BCUT2D eigenvalue weighted by Crippen LogP contribution is 2.36. The molecule has 3 N–H and O–H groups in total. The van der Waals surface area contributed by atoms with Crippen LogP contribution in [0.2, 0.25) is 0 Å². The molecule has 0 bridgehead atoms. The number of hydrogen-bond acceptors (Lipinski definition) is 6. The van der Waals surface area contributed by atoms with Crippen molar-refractivity contribution in [3.05, 3.63) is 5.69 Å². The topological polar surface area (TPSA) is 89.3 Å². The van der Waals surface area contributed by atoms with Crippen LogP contribution in [0.4, 0.5) is 5.82 Å². The van der Waals surface area contributed by atoms with Gasteiger partial charge in [-0.25, -0.2) is 4.63 Å². The van der Waals surface area contributed by atoms with Crippen LogP contribution < -0.4 is 11.2 Å². The van der Waals surface area contributed by atoms with Gasteiger partial charge < -0.3 is 11.2 Å². The highest BCUT2D eigenvalue weighted by Gasteiger charge is 2.36. The van der Waals surface area contributed by atoms with Crippen molar-refractivity contribution in [1.82, 2.24) is 15.7 Å². The van der Waals surface area contributed by atoms with E-state index in [-0.39, 0.29) is 0 Å². The number of hydrogen-bond donors (Lipinski definition) is 2. The highest BCUT2D eigenvalue weighted by molar-refractivity contribution is 6.03. The summed E-state index contributed by atoms with van der Waals surface area (Å²) in [6, 6.07) is 0.459. The van der Waals surface area contributed by atoms with E-state index in [1.807, 2.05) is 0 Å². The number of rotatable bonds is 2. The molecule has 0 radical (unpaired) electrons. The Morgan fingerprint density at radius 1 is 1.36 bits per heavy atom. The highest BCUT2D eigenvalue weighted by atomic mass is 16.6. The third kappa shape index (κ3) is 1.14. The van der Waals surface area contributed by atoms with E-state index in [2.05, 4.69) is 25.5 Å². The zero-order chi connectivity index (χ0) is 9.54. The average Bonchev–Trinajstić information content (AvgIpc) is 2.75. The molecular formula is C8H11N5O. The summed E-state index contributed by atoms with van der Waals surface area (Å²) in [5.74, 6) is 1.10. The summed E-state index contributed by atoms with van der Waals surface area (Å²) >= 11 is 0. The molecule has 1 aromatic rings. The fraction of sp³-hybridized carbons (Fsp3) is 0.625. The van der Waals surface area contributed by atoms with Crippen LogP contribution in [0.25, 0.3) is 0 Å². The monoisotopic (exact) mass is 193 g/mol. The van der Waals surface area contributed by atoms with Gasteiger partial charge in [0, 0.05) is 6.42 Å². The van der Waals surface area contributed by atoms with Gasteiger partial charge in [0.2, 0.25) is 0 Å². The van der Waals surface area contributed by atoms with Gasteiger partial charge in [0.1, 0.15) is 0 Å². The average molecular weight is 193 g/mol. The summed E-state index contributed by atoms with van der Waals surface area (Å²) in [6.07, 6.45) is 3.48. The second kappa shape index (κ2) is 2.70. The van der Waals surface area contributed by atoms with Gasteiger partial charge in [-0.2, -0.15) is 5.10 Å². The predicted octanol–water partition coefficient (Wildman–Crippen LogP) is 0.128. The first-order chi connectivity index (χ1) is 6.84. The minimum absolute atomic E-state index is 0.321. The fourth-order valence-electron chi connectivity index (χ4n) is 1.78. The molecule has 2 aliphatic rings. The Balaban J connectivity index is 1.78. The van der Waals surface area contributed by atoms with E-state index in [1.165, 1.54) is 12.8 Å². The van der Waals surface area contributed by atoms with E-state index in [1.54, 1.807) is 0 Å². The van der Waals surface area contributed by atoms with Gasteiger partial charge in [0.25, 0.3) is 0 Å². The molecule has 0 amide bonds. The Kier molecular flexibility index (Phi) is 1.50. The molecule has 1 aliphatic heterocycles. The molecule has 1 aliphatic carbocycles. The van der Waals surface area contributed by atoms with Crippen molar-refractivity contribution in [3.8, 4) is 0 Å². The number of hydrazone groups is 1. The Morgan fingerprint density at radius 2 is 2.21 bits per heavy atom. The molecule has 1 aromatic heterocycles. The molecule has 1 saturated carbocycles. The maximum absolute atomic E-state index is 5.58. The van der Waals surface area contributed by atoms with Gasteiger partial charge in [-0.05, 0) is 29.1 Å². The molecule has 0 saturated heterocycles. The Morgan fingerprint density at radius 3 is 2.86 bits per heavy atom. The van der Waals surface area contributed by atoms with Gasteiger partial charge >= 0.3 is 0 Å². The van der Waals surface area contributed by atoms with Crippen molar-refractivity contribution in [2.75, 3.05) is 5.73 Å². The van der Waals surface area contributed by atoms with Crippen molar-refractivity contribution in [1.29, 1.82) is 0 Å². The van der Waals surface area contributed by atoms with Crippen LogP contribution in [-0.2, 0) is 0 Å². The standard InChI is InChI=1S/C8H11N5O/c9-8-7(12-14-13-8)6-3-5(10-11-6)4-1-2-4/h4-5,10H,1-3H2,(H2,9,13). The third-order valence-corrected chi connectivity index (χ3v) is 2.76. The summed E-state index contributed by atoms with van der Waals surface area (Å²) in [6.45, 7) is 0. The summed E-state index contributed by atoms with van der Waals surface area (Å²) in [7, 11) is 0. The lowest BCUT2D eigenvalue weighted by atomic mass is 10.1. The van der Waals surface area contributed by atoms with Gasteiger partial charge in [-0.3, -0.25) is 0 Å². The molecular weight excluding hydrogens is 182 g/mol. The van der Waals surface area contributed by atoms with Crippen LogP contribution in [-0.4, -0.2) is 22.1 Å². The number of aromatic nitrogens is 2. The van der Waals surface area contributed by atoms with Gasteiger partial charge in [-0.15, -0.1) is 0 Å². The van der Waals surface area contributed by atoms with E-state index in [4.69, 9.17) is 5.73 Å². The SMILES string of the molecule is Nc1nonc1C1=NNC(C2CC2)C1. The molecule has 3 rings (SSSR count). The fourth-order valence-corrected chi connectivity index (χ4v) is 1.78. The Hall–Kier alpha value is -1.59. The van der Waals surface area contributed by atoms with E-state index in [0.29, 0.717) is 17.6 Å². The largest absolute Gasteiger partial charge is 0.379 e. The maximum Gasteiger partial charge on any atom is 0.197 e. The summed E-state index contributed by atoms with van der Waals surface area (Å²) in [5, 5.41) is 11.5. The van der Waals surface area contributed by atoms with Crippen molar-refractivity contribution in [2.45, 2.75) is 25.3 Å². The number of nitrogen functional groups attached to an aromatic ring is 1.